The van der Waals surface area contributed by atoms with E-state index in [9.17, 15) is 4.79 Å². The largest absolute Gasteiger partial charge is 0.467 e. The van der Waals surface area contributed by atoms with Crippen molar-refractivity contribution in [2.24, 2.45) is 0 Å². The Morgan fingerprint density at radius 2 is 2.23 bits per heavy atom. The lowest BCUT2D eigenvalue weighted by molar-refractivity contribution is -0.127. The van der Waals surface area contributed by atoms with Crippen LogP contribution in [0.15, 0.2) is 41.0 Å². The zero-order chi connectivity index (χ0) is 18.1. The molecule has 6 heteroatoms. The van der Waals surface area contributed by atoms with Crippen molar-refractivity contribution in [1.29, 1.82) is 0 Å². The average molecular weight is 370 g/mol. The molecule has 0 aliphatic carbocycles. The number of rotatable bonds is 5. The predicted octanol–water partition coefficient (Wildman–Crippen LogP) is 4.72. The highest BCUT2D eigenvalue weighted by Gasteiger charge is 2.31. The summed E-state index contributed by atoms with van der Waals surface area (Å²) in [5, 5.41) is 0.699. The number of aromatic nitrogens is 1. The van der Waals surface area contributed by atoms with E-state index >= 15 is 0 Å². The van der Waals surface area contributed by atoms with Gasteiger partial charge in [0.25, 0.3) is 5.91 Å². The van der Waals surface area contributed by atoms with Gasteiger partial charge in [-0.25, -0.2) is 4.98 Å². The van der Waals surface area contributed by atoms with Crippen molar-refractivity contribution < 1.29 is 13.9 Å². The lowest BCUT2D eigenvalue weighted by Crippen LogP contribution is -2.38. The van der Waals surface area contributed by atoms with E-state index in [-0.39, 0.29) is 12.0 Å². The van der Waals surface area contributed by atoms with Crippen molar-refractivity contribution in [3.8, 4) is 0 Å². The number of nitrogens with zero attached hydrogens (tertiary/aromatic N) is 2. The highest BCUT2D eigenvalue weighted by atomic mass is 32.1. The Balaban J connectivity index is 1.74. The molecule has 1 amide bonds. The molecule has 3 heterocycles. The Morgan fingerprint density at radius 3 is 2.92 bits per heavy atom. The molecular formula is C20H22N2O3S. The summed E-state index contributed by atoms with van der Waals surface area (Å²) in [4.78, 5) is 19.6. The molecule has 1 unspecified atom stereocenters. The molecule has 1 fully saturated rings. The highest BCUT2D eigenvalue weighted by Crippen LogP contribution is 2.35. The molecule has 4 rings (SSSR count). The highest BCUT2D eigenvalue weighted by molar-refractivity contribution is 7.22. The maximum atomic E-state index is 13.1. The second-order valence-electron chi connectivity index (χ2n) is 6.85. The fourth-order valence-electron chi connectivity index (χ4n) is 3.28. The van der Waals surface area contributed by atoms with Gasteiger partial charge in [-0.15, -0.1) is 0 Å². The van der Waals surface area contributed by atoms with Gasteiger partial charge >= 0.3 is 0 Å². The van der Waals surface area contributed by atoms with E-state index in [1.165, 1.54) is 5.56 Å². The number of amides is 1. The van der Waals surface area contributed by atoms with Gasteiger partial charge in [-0.3, -0.25) is 9.69 Å². The van der Waals surface area contributed by atoms with E-state index in [1.807, 2.05) is 12.1 Å². The predicted molar refractivity (Wildman–Crippen MR) is 103 cm³/mol. The molecule has 2 aromatic heterocycles. The number of anilines is 1. The van der Waals surface area contributed by atoms with E-state index in [0.717, 1.165) is 28.8 Å². The molecular weight excluding hydrogens is 348 g/mol. The minimum atomic E-state index is -0.387. The van der Waals surface area contributed by atoms with Crippen LogP contribution >= 0.6 is 11.3 Å². The Labute approximate surface area is 156 Å². The van der Waals surface area contributed by atoms with Crippen molar-refractivity contribution in [2.45, 2.75) is 45.3 Å². The molecule has 0 N–H and O–H groups in total. The summed E-state index contributed by atoms with van der Waals surface area (Å²) in [5.41, 5.74) is 2.18. The number of furan rings is 1. The molecule has 26 heavy (non-hydrogen) atoms. The summed E-state index contributed by atoms with van der Waals surface area (Å²) in [6.07, 6.45) is 2.92. The SMILES string of the molecule is CC(C)c1cccc2sc(N(Cc3ccco3)C(=O)C3CCCO3)nc12. The van der Waals surface area contributed by atoms with Gasteiger partial charge in [-0.1, -0.05) is 37.3 Å². The fourth-order valence-corrected chi connectivity index (χ4v) is 4.29. The molecule has 1 aliphatic heterocycles. The third kappa shape index (κ3) is 3.27. The first-order valence-corrected chi connectivity index (χ1v) is 9.80. The molecule has 0 bridgehead atoms. The number of hydrogen-bond donors (Lipinski definition) is 0. The van der Waals surface area contributed by atoms with Crippen molar-refractivity contribution >= 4 is 32.6 Å². The van der Waals surface area contributed by atoms with Crippen LogP contribution in [0.1, 0.15) is 43.9 Å². The molecule has 0 saturated carbocycles. The third-order valence-corrected chi connectivity index (χ3v) is 5.70. The first-order valence-electron chi connectivity index (χ1n) is 8.98. The number of carbonyl (C=O) groups is 1. The number of benzene rings is 1. The molecule has 1 aliphatic rings. The second-order valence-corrected chi connectivity index (χ2v) is 7.86. The minimum absolute atomic E-state index is 0.0379. The molecule has 1 aromatic carbocycles. The molecule has 5 nitrogen and oxygen atoms in total. The molecule has 1 atom stereocenters. The molecule has 1 saturated heterocycles. The van der Waals surface area contributed by atoms with Crippen LogP contribution in [0.25, 0.3) is 10.2 Å². The summed E-state index contributed by atoms with van der Waals surface area (Å²) in [6, 6.07) is 9.93. The van der Waals surface area contributed by atoms with E-state index < -0.39 is 0 Å². The van der Waals surface area contributed by atoms with Gasteiger partial charge in [0.15, 0.2) is 5.13 Å². The summed E-state index contributed by atoms with van der Waals surface area (Å²) in [6.45, 7) is 5.32. The summed E-state index contributed by atoms with van der Waals surface area (Å²) in [7, 11) is 0. The van der Waals surface area contributed by atoms with Crippen LogP contribution in [0.4, 0.5) is 5.13 Å². The van der Waals surface area contributed by atoms with Gasteiger partial charge in [-0.05, 0) is 42.5 Å². The van der Waals surface area contributed by atoms with Gasteiger partial charge in [-0.2, -0.15) is 0 Å². The Hall–Kier alpha value is -2.18. The minimum Gasteiger partial charge on any atom is -0.467 e. The van der Waals surface area contributed by atoms with Crippen LogP contribution in [0.5, 0.6) is 0 Å². The van der Waals surface area contributed by atoms with Crippen LogP contribution < -0.4 is 4.90 Å². The summed E-state index contributed by atoms with van der Waals surface area (Å²) >= 11 is 1.54. The smallest absolute Gasteiger partial charge is 0.258 e. The van der Waals surface area contributed by atoms with E-state index in [4.69, 9.17) is 14.1 Å². The van der Waals surface area contributed by atoms with Crippen LogP contribution in [-0.2, 0) is 16.1 Å². The quantitative estimate of drug-likeness (QED) is 0.652. The van der Waals surface area contributed by atoms with Gasteiger partial charge in [0.1, 0.15) is 11.9 Å². The number of hydrogen-bond acceptors (Lipinski definition) is 5. The third-order valence-electron chi connectivity index (χ3n) is 4.66. The molecule has 0 spiro atoms. The zero-order valence-electron chi connectivity index (χ0n) is 15.0. The average Bonchev–Trinajstić information content (AvgIpc) is 3.39. The maximum absolute atomic E-state index is 13.1. The lowest BCUT2D eigenvalue weighted by Gasteiger charge is -2.21. The van der Waals surface area contributed by atoms with Gasteiger partial charge in [0.2, 0.25) is 0 Å². The van der Waals surface area contributed by atoms with E-state index in [1.54, 1.807) is 22.5 Å². The van der Waals surface area contributed by atoms with Crippen molar-refractivity contribution in [3.63, 3.8) is 0 Å². The standard InChI is InChI=1S/C20H22N2O3S/c1-13(2)15-7-3-9-17-18(15)21-20(26-17)22(12-14-6-4-10-24-14)19(23)16-8-5-11-25-16/h3-4,6-7,9-10,13,16H,5,8,11-12H2,1-2H3. The Bertz CT molecular complexity index is 895. The maximum Gasteiger partial charge on any atom is 0.258 e. The van der Waals surface area contributed by atoms with E-state index in [2.05, 4.69) is 32.0 Å². The Morgan fingerprint density at radius 1 is 1.35 bits per heavy atom. The number of carbonyl (C=O) groups excluding carboxylic acids is 1. The second kappa shape index (κ2) is 7.21. The van der Waals surface area contributed by atoms with Gasteiger partial charge in [0.05, 0.1) is 23.0 Å². The Kier molecular flexibility index (Phi) is 4.78. The van der Waals surface area contributed by atoms with Crippen molar-refractivity contribution in [2.75, 3.05) is 11.5 Å². The van der Waals surface area contributed by atoms with Crippen LogP contribution in [-0.4, -0.2) is 23.6 Å². The van der Waals surface area contributed by atoms with Gasteiger partial charge in [0, 0.05) is 6.61 Å². The molecule has 0 radical (unpaired) electrons. The van der Waals surface area contributed by atoms with Crippen LogP contribution in [0.2, 0.25) is 0 Å². The first-order chi connectivity index (χ1) is 12.6. The summed E-state index contributed by atoms with van der Waals surface area (Å²) in [5.74, 6) is 1.07. The summed E-state index contributed by atoms with van der Waals surface area (Å²) < 4.78 is 12.2. The topological polar surface area (TPSA) is 55.6 Å². The van der Waals surface area contributed by atoms with Crippen molar-refractivity contribution in [1.82, 2.24) is 4.98 Å². The zero-order valence-corrected chi connectivity index (χ0v) is 15.8. The van der Waals surface area contributed by atoms with Crippen LogP contribution in [0, 0.1) is 0 Å². The van der Waals surface area contributed by atoms with Crippen molar-refractivity contribution in [3.05, 3.63) is 47.9 Å². The fraction of sp³-hybridized carbons (Fsp3) is 0.400. The van der Waals surface area contributed by atoms with Gasteiger partial charge < -0.3 is 9.15 Å². The normalized spacial score (nSPS) is 17.3. The number of ether oxygens (including phenoxy) is 1. The monoisotopic (exact) mass is 370 g/mol. The van der Waals surface area contributed by atoms with E-state index in [0.29, 0.717) is 24.2 Å². The molecule has 3 aromatic rings. The number of fused-ring (bicyclic) bond motifs is 1. The number of thiazole rings is 1. The van der Waals surface area contributed by atoms with Crippen LogP contribution in [0.3, 0.4) is 0 Å². The number of para-hydroxylation sites is 1. The lowest BCUT2D eigenvalue weighted by atomic mass is 10.0. The molecule has 136 valence electrons. The first kappa shape index (κ1) is 17.2.